The SMILES string of the molecule is Brc1cccc(-c2cccc(-c3nc4ccccc4n3-c3ccccc3)c2)c1. The van der Waals surface area contributed by atoms with Gasteiger partial charge in [-0.2, -0.15) is 0 Å². The summed E-state index contributed by atoms with van der Waals surface area (Å²) in [4.78, 5) is 4.97. The second-order valence-corrected chi connectivity index (χ2v) is 7.60. The van der Waals surface area contributed by atoms with Crippen molar-refractivity contribution in [2.45, 2.75) is 0 Å². The Labute approximate surface area is 172 Å². The summed E-state index contributed by atoms with van der Waals surface area (Å²) in [5.74, 6) is 0.948. The van der Waals surface area contributed by atoms with Crippen LogP contribution >= 0.6 is 15.9 Å². The van der Waals surface area contributed by atoms with Crippen molar-refractivity contribution in [3.63, 3.8) is 0 Å². The lowest BCUT2D eigenvalue weighted by Crippen LogP contribution is -1.97. The summed E-state index contributed by atoms with van der Waals surface area (Å²) >= 11 is 3.57. The highest BCUT2D eigenvalue weighted by molar-refractivity contribution is 9.10. The fourth-order valence-corrected chi connectivity index (χ4v) is 3.96. The number of nitrogens with zero attached hydrogens (tertiary/aromatic N) is 2. The molecule has 0 aliphatic heterocycles. The van der Waals surface area contributed by atoms with Gasteiger partial charge in [-0.25, -0.2) is 4.98 Å². The smallest absolute Gasteiger partial charge is 0.145 e. The van der Waals surface area contributed by atoms with Crippen molar-refractivity contribution in [3.8, 4) is 28.2 Å². The molecular formula is C25H17BrN2. The van der Waals surface area contributed by atoms with Gasteiger partial charge >= 0.3 is 0 Å². The number of hydrogen-bond donors (Lipinski definition) is 0. The second-order valence-electron chi connectivity index (χ2n) is 6.69. The predicted molar refractivity (Wildman–Crippen MR) is 120 cm³/mol. The van der Waals surface area contributed by atoms with Crippen LogP contribution in [0.4, 0.5) is 0 Å². The van der Waals surface area contributed by atoms with Crippen molar-refractivity contribution in [2.24, 2.45) is 0 Å². The number of aromatic nitrogens is 2. The maximum absolute atomic E-state index is 4.97. The Morgan fingerprint density at radius 2 is 1.29 bits per heavy atom. The normalized spacial score (nSPS) is 11.0. The van der Waals surface area contributed by atoms with Crippen molar-refractivity contribution >= 4 is 27.0 Å². The summed E-state index contributed by atoms with van der Waals surface area (Å²) in [7, 11) is 0. The molecule has 5 rings (SSSR count). The van der Waals surface area contributed by atoms with Crippen LogP contribution in [0.15, 0.2) is 108 Å². The summed E-state index contributed by atoms with van der Waals surface area (Å²) < 4.78 is 3.31. The zero-order valence-electron chi connectivity index (χ0n) is 15.1. The maximum atomic E-state index is 4.97. The Bertz CT molecular complexity index is 1270. The largest absolute Gasteiger partial charge is 0.292 e. The van der Waals surface area contributed by atoms with Crippen molar-refractivity contribution < 1.29 is 0 Å². The van der Waals surface area contributed by atoms with E-state index in [1.54, 1.807) is 0 Å². The molecule has 5 aromatic rings. The van der Waals surface area contributed by atoms with Crippen molar-refractivity contribution in [2.75, 3.05) is 0 Å². The number of para-hydroxylation sites is 3. The molecule has 0 spiro atoms. The van der Waals surface area contributed by atoms with Crippen molar-refractivity contribution in [3.05, 3.63) is 108 Å². The van der Waals surface area contributed by atoms with Crippen LogP contribution in [0.25, 0.3) is 39.2 Å². The van der Waals surface area contributed by atoms with E-state index in [1.165, 1.54) is 11.1 Å². The lowest BCUT2D eigenvalue weighted by atomic mass is 10.0. The van der Waals surface area contributed by atoms with Gasteiger partial charge in [0.15, 0.2) is 0 Å². The van der Waals surface area contributed by atoms with Crippen LogP contribution < -0.4 is 0 Å². The van der Waals surface area contributed by atoms with Gasteiger partial charge < -0.3 is 0 Å². The number of fused-ring (bicyclic) bond motifs is 1. The molecule has 0 radical (unpaired) electrons. The van der Waals surface area contributed by atoms with Gasteiger partial charge in [0.05, 0.1) is 11.0 Å². The van der Waals surface area contributed by atoms with Crippen molar-refractivity contribution in [1.29, 1.82) is 0 Å². The van der Waals surface area contributed by atoms with Crippen LogP contribution in [0.1, 0.15) is 0 Å². The Hall–Kier alpha value is -3.17. The standard InChI is InChI=1S/C25H17BrN2/c26-21-11-7-9-19(17-21)18-8-6-10-20(16-18)25-27-23-14-4-5-15-24(23)28(25)22-12-2-1-3-13-22/h1-17H. The molecule has 1 heterocycles. The molecule has 1 aromatic heterocycles. The Kier molecular flexibility index (Phi) is 4.30. The molecule has 0 fully saturated rings. The fraction of sp³-hybridized carbons (Fsp3) is 0. The highest BCUT2D eigenvalue weighted by Crippen LogP contribution is 2.31. The lowest BCUT2D eigenvalue weighted by molar-refractivity contribution is 1.10. The van der Waals surface area contributed by atoms with Gasteiger partial charge in [0.1, 0.15) is 5.82 Å². The molecule has 0 bridgehead atoms. The van der Waals surface area contributed by atoms with Crippen LogP contribution in [0, 0.1) is 0 Å². The molecule has 0 saturated heterocycles. The van der Waals surface area contributed by atoms with Crippen LogP contribution in [-0.2, 0) is 0 Å². The predicted octanol–water partition coefficient (Wildman–Crippen LogP) is 7.12. The number of halogens is 1. The third-order valence-corrected chi connectivity index (χ3v) is 5.35. The molecule has 0 aliphatic carbocycles. The lowest BCUT2D eigenvalue weighted by Gasteiger charge is -2.11. The zero-order chi connectivity index (χ0) is 18.9. The number of hydrogen-bond acceptors (Lipinski definition) is 1. The molecular weight excluding hydrogens is 408 g/mol. The average molecular weight is 425 g/mol. The minimum Gasteiger partial charge on any atom is -0.292 e. The molecule has 134 valence electrons. The molecule has 0 unspecified atom stereocenters. The first kappa shape index (κ1) is 17.0. The number of rotatable bonds is 3. The summed E-state index contributed by atoms with van der Waals surface area (Å²) in [5.41, 5.74) is 6.66. The van der Waals surface area contributed by atoms with Gasteiger partial charge in [-0.15, -0.1) is 0 Å². The van der Waals surface area contributed by atoms with Gasteiger partial charge in [-0.3, -0.25) is 4.57 Å². The third-order valence-electron chi connectivity index (χ3n) is 4.85. The van der Waals surface area contributed by atoms with Crippen LogP contribution in [0.2, 0.25) is 0 Å². The molecule has 3 heteroatoms. The van der Waals surface area contributed by atoms with E-state index >= 15 is 0 Å². The average Bonchev–Trinajstić information content (AvgIpc) is 3.14. The Morgan fingerprint density at radius 1 is 0.607 bits per heavy atom. The van der Waals surface area contributed by atoms with E-state index in [-0.39, 0.29) is 0 Å². The Balaban J connectivity index is 1.73. The summed E-state index contributed by atoms with van der Waals surface area (Å²) in [5, 5.41) is 0. The molecule has 0 atom stereocenters. The summed E-state index contributed by atoms with van der Waals surface area (Å²) in [6, 6.07) is 35.6. The molecule has 0 saturated carbocycles. The molecule has 0 N–H and O–H groups in total. The van der Waals surface area contributed by atoms with E-state index in [4.69, 9.17) is 4.98 Å². The van der Waals surface area contributed by atoms with E-state index in [0.29, 0.717) is 0 Å². The number of imidazole rings is 1. The van der Waals surface area contributed by atoms with Gasteiger partial charge in [0, 0.05) is 15.7 Å². The fourth-order valence-electron chi connectivity index (χ4n) is 3.56. The molecule has 28 heavy (non-hydrogen) atoms. The van der Waals surface area contributed by atoms with E-state index in [0.717, 1.165) is 32.6 Å². The second kappa shape index (κ2) is 7.10. The molecule has 4 aromatic carbocycles. The quantitative estimate of drug-likeness (QED) is 0.301. The van der Waals surface area contributed by atoms with E-state index in [1.807, 2.05) is 18.2 Å². The zero-order valence-corrected chi connectivity index (χ0v) is 16.7. The van der Waals surface area contributed by atoms with Gasteiger partial charge in [0.2, 0.25) is 0 Å². The van der Waals surface area contributed by atoms with E-state index < -0.39 is 0 Å². The Morgan fingerprint density at radius 3 is 2.11 bits per heavy atom. The minimum absolute atomic E-state index is 0.948. The third kappa shape index (κ3) is 3.04. The van der Waals surface area contributed by atoms with Gasteiger partial charge in [-0.1, -0.05) is 76.6 Å². The summed E-state index contributed by atoms with van der Waals surface area (Å²) in [6.45, 7) is 0. The van der Waals surface area contributed by atoms with Crippen LogP contribution in [0.3, 0.4) is 0 Å². The van der Waals surface area contributed by atoms with Crippen LogP contribution in [0.5, 0.6) is 0 Å². The van der Waals surface area contributed by atoms with Crippen LogP contribution in [-0.4, -0.2) is 9.55 Å². The molecule has 0 aliphatic rings. The number of benzene rings is 4. The summed E-state index contributed by atoms with van der Waals surface area (Å²) in [6.07, 6.45) is 0. The topological polar surface area (TPSA) is 17.8 Å². The van der Waals surface area contributed by atoms with Crippen molar-refractivity contribution in [1.82, 2.24) is 9.55 Å². The monoisotopic (exact) mass is 424 g/mol. The molecule has 0 amide bonds. The van der Waals surface area contributed by atoms with E-state index in [2.05, 4.69) is 105 Å². The first-order valence-electron chi connectivity index (χ1n) is 9.19. The highest BCUT2D eigenvalue weighted by atomic mass is 79.9. The van der Waals surface area contributed by atoms with Gasteiger partial charge in [0.25, 0.3) is 0 Å². The first-order valence-corrected chi connectivity index (χ1v) is 9.98. The minimum atomic E-state index is 0.948. The molecule has 2 nitrogen and oxygen atoms in total. The highest BCUT2D eigenvalue weighted by Gasteiger charge is 2.14. The first-order chi connectivity index (χ1) is 13.8. The maximum Gasteiger partial charge on any atom is 0.145 e. The van der Waals surface area contributed by atoms with E-state index in [9.17, 15) is 0 Å². The van der Waals surface area contributed by atoms with Gasteiger partial charge in [-0.05, 0) is 53.6 Å².